The average Bonchev–Trinajstić information content (AvgIpc) is 2.25. The maximum atomic E-state index is 12.5. The SMILES string of the molecule is Cc1cccc(NS(=O)(=O)c2c(C)cc(N)cc2C)n1. The van der Waals surface area contributed by atoms with Crippen molar-refractivity contribution in [3.63, 3.8) is 0 Å². The van der Waals surface area contributed by atoms with Gasteiger partial charge in [-0.25, -0.2) is 13.4 Å². The molecule has 0 saturated carbocycles. The second-order valence-corrected chi connectivity index (χ2v) is 6.37. The number of benzene rings is 1. The lowest BCUT2D eigenvalue weighted by molar-refractivity contribution is 0.600. The first kappa shape index (κ1) is 14.3. The quantitative estimate of drug-likeness (QED) is 0.850. The first-order chi connectivity index (χ1) is 9.29. The monoisotopic (exact) mass is 291 g/mol. The van der Waals surface area contributed by atoms with Gasteiger partial charge in [-0.05, 0) is 56.2 Å². The van der Waals surface area contributed by atoms with Crippen LogP contribution in [0.2, 0.25) is 0 Å². The van der Waals surface area contributed by atoms with E-state index in [2.05, 4.69) is 9.71 Å². The Morgan fingerprint density at radius 2 is 1.70 bits per heavy atom. The number of sulfonamides is 1. The third-order valence-electron chi connectivity index (χ3n) is 2.88. The number of nitrogens with two attached hydrogens (primary N) is 1. The van der Waals surface area contributed by atoms with Crippen molar-refractivity contribution in [2.75, 3.05) is 10.5 Å². The van der Waals surface area contributed by atoms with E-state index in [0.29, 0.717) is 22.6 Å². The molecule has 2 rings (SSSR count). The Morgan fingerprint density at radius 3 is 2.25 bits per heavy atom. The van der Waals surface area contributed by atoms with Gasteiger partial charge in [0.1, 0.15) is 5.82 Å². The van der Waals surface area contributed by atoms with Crippen molar-refractivity contribution in [1.82, 2.24) is 4.98 Å². The lowest BCUT2D eigenvalue weighted by atomic mass is 10.1. The van der Waals surface area contributed by atoms with Crippen molar-refractivity contribution in [2.45, 2.75) is 25.7 Å². The number of nitrogens with zero attached hydrogens (tertiary/aromatic N) is 1. The molecule has 106 valence electrons. The van der Waals surface area contributed by atoms with Crippen molar-refractivity contribution in [1.29, 1.82) is 0 Å². The fourth-order valence-electron chi connectivity index (χ4n) is 2.20. The van der Waals surface area contributed by atoms with E-state index in [4.69, 9.17) is 5.73 Å². The molecule has 6 heteroatoms. The Kier molecular flexibility index (Phi) is 3.67. The minimum atomic E-state index is -3.68. The third kappa shape index (κ3) is 2.91. The Morgan fingerprint density at radius 1 is 1.10 bits per heavy atom. The number of anilines is 2. The highest BCUT2D eigenvalue weighted by Gasteiger charge is 2.20. The van der Waals surface area contributed by atoms with Crippen LogP contribution in [-0.4, -0.2) is 13.4 Å². The number of rotatable bonds is 3. The van der Waals surface area contributed by atoms with Crippen molar-refractivity contribution in [2.24, 2.45) is 0 Å². The van der Waals surface area contributed by atoms with E-state index in [1.165, 1.54) is 0 Å². The molecule has 0 aliphatic rings. The van der Waals surface area contributed by atoms with Crippen LogP contribution in [0.4, 0.5) is 11.5 Å². The van der Waals surface area contributed by atoms with Gasteiger partial charge < -0.3 is 5.73 Å². The largest absolute Gasteiger partial charge is 0.399 e. The second-order valence-electron chi connectivity index (χ2n) is 4.75. The summed E-state index contributed by atoms with van der Waals surface area (Å²) in [5.74, 6) is 0.306. The van der Waals surface area contributed by atoms with Crippen LogP contribution in [0.5, 0.6) is 0 Å². The van der Waals surface area contributed by atoms with E-state index < -0.39 is 10.0 Å². The molecule has 1 heterocycles. The van der Waals surface area contributed by atoms with Crippen LogP contribution in [0.15, 0.2) is 35.2 Å². The van der Waals surface area contributed by atoms with Crippen LogP contribution in [0.1, 0.15) is 16.8 Å². The molecule has 20 heavy (non-hydrogen) atoms. The summed E-state index contributed by atoms with van der Waals surface area (Å²) in [6.45, 7) is 5.25. The van der Waals surface area contributed by atoms with Crippen molar-refractivity contribution < 1.29 is 8.42 Å². The minimum absolute atomic E-state index is 0.245. The molecule has 0 saturated heterocycles. The normalized spacial score (nSPS) is 11.3. The maximum Gasteiger partial charge on any atom is 0.263 e. The van der Waals surface area contributed by atoms with Gasteiger partial charge in [0.15, 0.2) is 0 Å². The maximum absolute atomic E-state index is 12.5. The Balaban J connectivity index is 2.46. The van der Waals surface area contributed by atoms with E-state index in [9.17, 15) is 8.42 Å². The molecule has 0 fully saturated rings. The summed E-state index contributed by atoms with van der Waals surface area (Å²) in [4.78, 5) is 4.39. The van der Waals surface area contributed by atoms with Crippen molar-refractivity contribution in [3.05, 3.63) is 47.2 Å². The molecule has 0 radical (unpaired) electrons. The lowest BCUT2D eigenvalue weighted by Gasteiger charge is -2.13. The van der Waals surface area contributed by atoms with Crippen LogP contribution in [0, 0.1) is 20.8 Å². The molecule has 0 aliphatic heterocycles. The minimum Gasteiger partial charge on any atom is -0.399 e. The molecule has 0 unspecified atom stereocenters. The number of pyridine rings is 1. The van der Waals surface area contributed by atoms with Gasteiger partial charge in [0.2, 0.25) is 0 Å². The molecule has 3 N–H and O–H groups in total. The van der Waals surface area contributed by atoms with Gasteiger partial charge in [0.05, 0.1) is 4.90 Å². The molecular formula is C14H17N3O2S. The highest BCUT2D eigenvalue weighted by atomic mass is 32.2. The average molecular weight is 291 g/mol. The van der Waals surface area contributed by atoms with Gasteiger partial charge in [-0.2, -0.15) is 0 Å². The first-order valence-corrected chi connectivity index (χ1v) is 7.61. The van der Waals surface area contributed by atoms with Gasteiger partial charge in [-0.15, -0.1) is 0 Å². The highest BCUT2D eigenvalue weighted by molar-refractivity contribution is 7.92. The molecule has 0 amide bonds. The van der Waals surface area contributed by atoms with Gasteiger partial charge in [0, 0.05) is 11.4 Å². The number of nitrogen functional groups attached to an aromatic ring is 1. The zero-order chi connectivity index (χ0) is 14.9. The summed E-state index contributed by atoms with van der Waals surface area (Å²) in [7, 11) is -3.68. The summed E-state index contributed by atoms with van der Waals surface area (Å²) in [6.07, 6.45) is 0. The standard InChI is InChI=1S/C14H17N3O2S/c1-9-7-12(15)8-10(2)14(9)20(18,19)17-13-6-4-5-11(3)16-13/h4-8H,15H2,1-3H3,(H,16,17). The predicted molar refractivity (Wildman–Crippen MR) is 80.1 cm³/mol. The Labute approximate surface area is 118 Å². The molecule has 5 nitrogen and oxygen atoms in total. The third-order valence-corrected chi connectivity index (χ3v) is 4.54. The highest BCUT2D eigenvalue weighted by Crippen LogP contribution is 2.24. The first-order valence-electron chi connectivity index (χ1n) is 6.13. The van der Waals surface area contributed by atoms with Gasteiger partial charge in [0.25, 0.3) is 10.0 Å². The molecule has 0 bridgehead atoms. The van der Waals surface area contributed by atoms with Crippen molar-refractivity contribution >= 4 is 21.5 Å². The number of aromatic nitrogens is 1. The Bertz CT molecular complexity index is 732. The van der Waals surface area contributed by atoms with E-state index in [1.807, 2.05) is 0 Å². The summed E-state index contributed by atoms with van der Waals surface area (Å²) in [5, 5.41) is 0. The van der Waals surface area contributed by atoms with E-state index >= 15 is 0 Å². The zero-order valence-electron chi connectivity index (χ0n) is 11.6. The van der Waals surface area contributed by atoms with Crippen molar-refractivity contribution in [3.8, 4) is 0 Å². The van der Waals surface area contributed by atoms with Crippen LogP contribution in [0.25, 0.3) is 0 Å². The number of nitrogens with one attached hydrogen (secondary N) is 1. The van der Waals surface area contributed by atoms with Crippen LogP contribution < -0.4 is 10.5 Å². The number of hydrogen-bond donors (Lipinski definition) is 2. The van der Waals surface area contributed by atoms with E-state index in [0.717, 1.165) is 5.69 Å². The topological polar surface area (TPSA) is 85.1 Å². The lowest BCUT2D eigenvalue weighted by Crippen LogP contribution is -2.17. The fourth-order valence-corrected chi connectivity index (χ4v) is 3.65. The number of aryl methyl sites for hydroxylation is 3. The summed E-state index contributed by atoms with van der Waals surface area (Å²) in [6, 6.07) is 8.46. The van der Waals surface area contributed by atoms with Gasteiger partial charge >= 0.3 is 0 Å². The summed E-state index contributed by atoms with van der Waals surface area (Å²) in [5.41, 5.74) is 8.24. The fraction of sp³-hybridized carbons (Fsp3) is 0.214. The van der Waals surface area contributed by atoms with Crippen LogP contribution >= 0.6 is 0 Å². The Hall–Kier alpha value is -2.08. The second kappa shape index (κ2) is 5.13. The molecular weight excluding hydrogens is 274 g/mol. The predicted octanol–water partition coefficient (Wildman–Crippen LogP) is 2.39. The zero-order valence-corrected chi connectivity index (χ0v) is 12.5. The van der Waals surface area contributed by atoms with Gasteiger partial charge in [-0.3, -0.25) is 4.72 Å². The number of hydrogen-bond acceptors (Lipinski definition) is 4. The van der Waals surface area contributed by atoms with Crippen LogP contribution in [-0.2, 0) is 10.0 Å². The van der Waals surface area contributed by atoms with Gasteiger partial charge in [-0.1, -0.05) is 6.07 Å². The van der Waals surface area contributed by atoms with E-state index in [-0.39, 0.29) is 4.90 Å². The molecule has 0 aliphatic carbocycles. The summed E-state index contributed by atoms with van der Waals surface area (Å²) >= 11 is 0. The van der Waals surface area contributed by atoms with E-state index in [1.54, 1.807) is 51.1 Å². The smallest absolute Gasteiger partial charge is 0.263 e. The molecule has 0 spiro atoms. The molecule has 0 atom stereocenters. The summed E-state index contributed by atoms with van der Waals surface area (Å²) < 4.78 is 27.4. The van der Waals surface area contributed by atoms with Crippen LogP contribution in [0.3, 0.4) is 0 Å². The molecule has 2 aromatic rings. The molecule has 1 aromatic carbocycles. The molecule has 1 aromatic heterocycles.